The van der Waals surface area contributed by atoms with Gasteiger partial charge in [0, 0.05) is 23.3 Å². The Hall–Kier alpha value is -4.73. The molecule has 0 radical (unpaired) electrons. The first-order valence-electron chi connectivity index (χ1n) is 10.2. The van der Waals surface area contributed by atoms with Crippen molar-refractivity contribution in [1.82, 2.24) is 10.9 Å². The van der Waals surface area contributed by atoms with Gasteiger partial charge in [-0.15, -0.1) is 0 Å². The summed E-state index contributed by atoms with van der Waals surface area (Å²) in [5.41, 5.74) is 5.21. The van der Waals surface area contributed by atoms with E-state index in [-0.39, 0.29) is 17.7 Å². The van der Waals surface area contributed by atoms with E-state index in [9.17, 15) is 24.5 Å². The third kappa shape index (κ3) is 6.16. The van der Waals surface area contributed by atoms with Crippen molar-refractivity contribution < 1.29 is 28.8 Å². The van der Waals surface area contributed by atoms with Gasteiger partial charge in [-0.05, 0) is 24.6 Å². The predicted octanol–water partition coefficient (Wildman–Crippen LogP) is 3.28. The third-order valence-corrected chi connectivity index (χ3v) is 4.55. The Balaban J connectivity index is 1.63. The highest BCUT2D eigenvalue weighted by molar-refractivity contribution is 5.99. The molecule has 0 unspecified atom stereocenters. The topological polar surface area (TPSA) is 137 Å². The Labute approximate surface area is 194 Å². The first-order chi connectivity index (χ1) is 16.4. The van der Waals surface area contributed by atoms with E-state index < -0.39 is 35.0 Å². The summed E-state index contributed by atoms with van der Waals surface area (Å²) in [6, 6.07) is 19.8. The molecule has 0 aliphatic heterocycles. The molecule has 3 rings (SSSR count). The Morgan fingerprint density at radius 1 is 0.912 bits per heavy atom. The van der Waals surface area contributed by atoms with Crippen molar-refractivity contribution in [2.45, 2.75) is 6.92 Å². The minimum Gasteiger partial charge on any atom is -0.483 e. The maximum atomic E-state index is 12.4. The summed E-state index contributed by atoms with van der Waals surface area (Å²) in [6.07, 6.45) is 0. The second-order valence-electron chi connectivity index (χ2n) is 6.90. The fourth-order valence-electron chi connectivity index (χ4n) is 3.01. The van der Waals surface area contributed by atoms with Crippen LogP contribution in [0.3, 0.4) is 0 Å². The lowest BCUT2D eigenvalue weighted by molar-refractivity contribution is -0.384. The van der Waals surface area contributed by atoms with Crippen LogP contribution in [0.1, 0.15) is 27.6 Å². The number of nitrogens with one attached hydrogen (secondary N) is 2. The molecule has 34 heavy (non-hydrogen) atoms. The van der Waals surface area contributed by atoms with Crippen LogP contribution in [0.5, 0.6) is 5.75 Å². The Bertz CT molecular complexity index is 1210. The number of hydrazine groups is 1. The second-order valence-corrected chi connectivity index (χ2v) is 6.90. The van der Waals surface area contributed by atoms with E-state index in [1.54, 1.807) is 19.1 Å². The summed E-state index contributed by atoms with van der Waals surface area (Å²) in [6.45, 7) is 1.25. The summed E-state index contributed by atoms with van der Waals surface area (Å²) >= 11 is 0. The molecule has 3 aromatic rings. The van der Waals surface area contributed by atoms with Gasteiger partial charge >= 0.3 is 5.97 Å². The Morgan fingerprint density at radius 2 is 1.59 bits per heavy atom. The van der Waals surface area contributed by atoms with Crippen LogP contribution in [0.2, 0.25) is 0 Å². The van der Waals surface area contributed by atoms with Gasteiger partial charge in [-0.3, -0.25) is 30.6 Å². The van der Waals surface area contributed by atoms with Crippen molar-refractivity contribution in [3.05, 3.63) is 94.0 Å². The lowest BCUT2D eigenvalue weighted by Crippen LogP contribution is -2.43. The van der Waals surface area contributed by atoms with Crippen molar-refractivity contribution in [1.29, 1.82) is 0 Å². The first kappa shape index (κ1) is 23.9. The summed E-state index contributed by atoms with van der Waals surface area (Å²) in [5, 5.41) is 11.2. The fourth-order valence-corrected chi connectivity index (χ4v) is 3.01. The number of rotatable bonds is 8. The number of esters is 1. The monoisotopic (exact) mass is 463 g/mol. The quantitative estimate of drug-likeness (QED) is 0.297. The zero-order chi connectivity index (χ0) is 24.5. The van der Waals surface area contributed by atoms with E-state index in [4.69, 9.17) is 9.47 Å². The normalized spacial score (nSPS) is 10.1. The van der Waals surface area contributed by atoms with E-state index >= 15 is 0 Å². The maximum Gasteiger partial charge on any atom is 0.338 e. The van der Waals surface area contributed by atoms with Crippen LogP contribution in [0.4, 0.5) is 5.69 Å². The van der Waals surface area contributed by atoms with Gasteiger partial charge in [0.1, 0.15) is 5.75 Å². The van der Waals surface area contributed by atoms with E-state index in [0.29, 0.717) is 5.75 Å². The number of amides is 2. The molecule has 10 heteroatoms. The molecule has 0 saturated heterocycles. The minimum absolute atomic E-state index is 0.0620. The summed E-state index contributed by atoms with van der Waals surface area (Å²) in [7, 11) is 0. The lowest BCUT2D eigenvalue weighted by atomic mass is 10.1. The minimum atomic E-state index is -0.854. The van der Waals surface area contributed by atoms with Crippen molar-refractivity contribution in [2.75, 3.05) is 13.2 Å². The first-order valence-corrected chi connectivity index (χ1v) is 10.2. The Kier molecular flexibility index (Phi) is 7.90. The number of nitro groups is 1. The highest BCUT2D eigenvalue weighted by Gasteiger charge is 2.19. The largest absolute Gasteiger partial charge is 0.483 e. The number of carbonyl (C=O) groups excluding carboxylic acids is 3. The highest BCUT2D eigenvalue weighted by Crippen LogP contribution is 2.29. The number of ether oxygens (including phenoxy) is 2. The molecule has 0 spiro atoms. The van der Waals surface area contributed by atoms with Crippen LogP contribution in [0.15, 0.2) is 72.8 Å². The van der Waals surface area contributed by atoms with Crippen LogP contribution < -0.4 is 15.6 Å². The van der Waals surface area contributed by atoms with Crippen molar-refractivity contribution in [3.8, 4) is 16.9 Å². The molecule has 0 aliphatic carbocycles. The molecular formula is C24H21N3O7. The third-order valence-electron chi connectivity index (χ3n) is 4.55. The molecule has 0 fully saturated rings. The van der Waals surface area contributed by atoms with E-state index in [1.165, 1.54) is 0 Å². The van der Waals surface area contributed by atoms with Gasteiger partial charge in [-0.1, -0.05) is 48.5 Å². The van der Waals surface area contributed by atoms with E-state index in [1.807, 2.05) is 42.5 Å². The fraction of sp³-hybridized carbons (Fsp3) is 0.125. The van der Waals surface area contributed by atoms with Crippen molar-refractivity contribution in [2.24, 2.45) is 0 Å². The predicted molar refractivity (Wildman–Crippen MR) is 122 cm³/mol. The molecule has 2 amide bonds. The molecule has 174 valence electrons. The zero-order valence-electron chi connectivity index (χ0n) is 18.1. The number of non-ortho nitro benzene ring substituents is 1. The van der Waals surface area contributed by atoms with Crippen molar-refractivity contribution in [3.63, 3.8) is 0 Å². The van der Waals surface area contributed by atoms with Crippen molar-refractivity contribution >= 4 is 23.5 Å². The molecule has 3 aromatic carbocycles. The number of para-hydroxylation sites is 1. The summed E-state index contributed by atoms with van der Waals surface area (Å²) in [4.78, 5) is 47.0. The summed E-state index contributed by atoms with van der Waals surface area (Å²) < 4.78 is 10.4. The van der Waals surface area contributed by atoms with E-state index in [0.717, 1.165) is 29.3 Å². The number of nitrogens with zero attached hydrogens (tertiary/aromatic N) is 1. The molecule has 0 aliphatic rings. The average Bonchev–Trinajstić information content (AvgIpc) is 2.86. The molecular weight excluding hydrogens is 442 g/mol. The summed E-state index contributed by atoms with van der Waals surface area (Å²) in [5.74, 6) is -1.85. The standard InChI is InChI=1S/C24H21N3O7/c1-2-33-24(30)18-12-17(13-19(14-18)27(31)32)23(29)26-25-22(28)15-34-21-11-7-6-10-20(21)16-8-4-3-5-9-16/h3-14H,2,15H2,1H3,(H,25,28)(H,26,29). The molecule has 10 nitrogen and oxygen atoms in total. The lowest BCUT2D eigenvalue weighted by Gasteiger charge is -2.12. The van der Waals surface area contributed by atoms with Crippen LogP contribution in [0.25, 0.3) is 11.1 Å². The van der Waals surface area contributed by atoms with Gasteiger partial charge in [0.2, 0.25) is 0 Å². The molecule has 2 N–H and O–H groups in total. The molecule has 0 atom stereocenters. The number of nitro benzene ring substituents is 1. The molecule has 0 bridgehead atoms. The van der Waals surface area contributed by atoms with Gasteiger partial charge in [0.25, 0.3) is 17.5 Å². The number of hydrogen-bond acceptors (Lipinski definition) is 7. The smallest absolute Gasteiger partial charge is 0.338 e. The zero-order valence-corrected chi connectivity index (χ0v) is 18.1. The number of benzene rings is 3. The van der Waals surface area contributed by atoms with Gasteiger partial charge in [0.15, 0.2) is 6.61 Å². The van der Waals surface area contributed by atoms with Gasteiger partial charge in [-0.25, -0.2) is 4.79 Å². The number of carbonyl (C=O) groups is 3. The van der Waals surface area contributed by atoms with Gasteiger partial charge < -0.3 is 9.47 Å². The molecule has 0 saturated carbocycles. The van der Waals surface area contributed by atoms with Gasteiger partial charge in [0.05, 0.1) is 17.1 Å². The average molecular weight is 463 g/mol. The maximum absolute atomic E-state index is 12.4. The van der Waals surface area contributed by atoms with Crippen LogP contribution in [-0.4, -0.2) is 35.9 Å². The van der Waals surface area contributed by atoms with Gasteiger partial charge in [-0.2, -0.15) is 0 Å². The Morgan fingerprint density at radius 3 is 2.29 bits per heavy atom. The van der Waals surface area contributed by atoms with Crippen LogP contribution in [0, 0.1) is 10.1 Å². The van der Waals surface area contributed by atoms with Crippen LogP contribution in [-0.2, 0) is 9.53 Å². The highest BCUT2D eigenvalue weighted by atomic mass is 16.6. The number of hydrogen-bond donors (Lipinski definition) is 2. The molecule has 0 aromatic heterocycles. The molecule has 0 heterocycles. The van der Waals surface area contributed by atoms with E-state index in [2.05, 4.69) is 10.9 Å². The SMILES string of the molecule is CCOC(=O)c1cc(C(=O)NNC(=O)COc2ccccc2-c2ccccc2)cc([N+](=O)[O-])c1. The van der Waals surface area contributed by atoms with Crippen LogP contribution >= 0.6 is 0 Å². The second kappa shape index (κ2) is 11.2.